The van der Waals surface area contributed by atoms with Crippen molar-refractivity contribution in [3.8, 4) is 5.75 Å². The summed E-state index contributed by atoms with van der Waals surface area (Å²) in [6, 6.07) is 13.5. The van der Waals surface area contributed by atoms with Crippen molar-refractivity contribution >= 4 is 23.8 Å². The number of hydrogen-bond donors (Lipinski definition) is 3. The Kier molecular flexibility index (Phi) is 5.71. The molecule has 0 saturated heterocycles. The van der Waals surface area contributed by atoms with Crippen molar-refractivity contribution in [2.24, 2.45) is 0 Å². The molecule has 0 aliphatic carbocycles. The second-order valence-corrected chi connectivity index (χ2v) is 5.03. The van der Waals surface area contributed by atoms with Gasteiger partial charge in [-0.1, -0.05) is 38.1 Å². The monoisotopic (exact) mass is 292 g/mol. The third kappa shape index (κ3) is 4.07. The number of aromatic hydroxyl groups is 1. The van der Waals surface area contributed by atoms with Gasteiger partial charge in [-0.25, -0.2) is 0 Å². The Morgan fingerprint density at radius 3 is 2.35 bits per heavy atom. The van der Waals surface area contributed by atoms with Crippen molar-refractivity contribution in [3.63, 3.8) is 0 Å². The maximum Gasteiger partial charge on any atom is 0.138 e. The summed E-state index contributed by atoms with van der Waals surface area (Å²) in [4.78, 5) is 0. The molecule has 0 atom stereocenters. The van der Waals surface area contributed by atoms with E-state index in [9.17, 15) is 5.11 Å². The molecule has 2 rings (SSSR count). The van der Waals surface area contributed by atoms with Gasteiger partial charge in [0.05, 0.1) is 5.69 Å². The lowest BCUT2D eigenvalue weighted by atomic mass is 10.0. The third-order valence-electron chi connectivity index (χ3n) is 3.15. The average molecular weight is 293 g/mol. The van der Waals surface area contributed by atoms with Crippen LogP contribution in [0.3, 0.4) is 0 Å². The molecular weight excluding hydrogens is 272 g/mol. The van der Waals surface area contributed by atoms with Crippen molar-refractivity contribution in [1.82, 2.24) is 0 Å². The molecule has 0 bridgehead atoms. The Labute approximate surface area is 126 Å². The molecule has 2 aromatic rings. The lowest BCUT2D eigenvalue weighted by molar-refractivity contribution is 0.477. The molecular formula is C16H21ClN2O. The smallest absolute Gasteiger partial charge is 0.138 e. The number of nitrogen functional groups attached to an aromatic ring is 1. The number of phenolic OH excluding ortho intramolecular Hbond substituents is 1. The number of hydrogen-bond acceptors (Lipinski definition) is 3. The molecule has 0 radical (unpaired) electrons. The van der Waals surface area contributed by atoms with Gasteiger partial charge in [-0.05, 0) is 35.2 Å². The van der Waals surface area contributed by atoms with E-state index in [0.717, 1.165) is 0 Å². The fourth-order valence-electron chi connectivity index (χ4n) is 1.91. The minimum absolute atomic E-state index is 0. The van der Waals surface area contributed by atoms with Crippen LogP contribution in [0.4, 0.5) is 11.4 Å². The normalized spacial score (nSPS) is 10.2. The van der Waals surface area contributed by atoms with Gasteiger partial charge in [0.2, 0.25) is 0 Å². The Bertz CT molecular complexity index is 553. The zero-order valence-electron chi connectivity index (χ0n) is 11.8. The summed E-state index contributed by atoms with van der Waals surface area (Å²) in [6.45, 7) is 5.02. The van der Waals surface area contributed by atoms with E-state index in [0.29, 0.717) is 23.8 Å². The summed E-state index contributed by atoms with van der Waals surface area (Å²) in [5.74, 6) is 0.757. The molecule has 0 fully saturated rings. The first kappa shape index (κ1) is 16.2. The van der Waals surface area contributed by atoms with Crippen LogP contribution in [-0.4, -0.2) is 5.11 Å². The summed E-state index contributed by atoms with van der Waals surface area (Å²) in [5.41, 5.74) is 9.49. The number of benzene rings is 2. The Hall–Kier alpha value is -1.87. The molecule has 0 aliphatic rings. The number of nitrogens with one attached hydrogen (secondary N) is 1. The van der Waals surface area contributed by atoms with E-state index in [-0.39, 0.29) is 18.2 Å². The molecule has 0 amide bonds. The average Bonchev–Trinajstić information content (AvgIpc) is 2.40. The molecule has 2 aromatic carbocycles. The van der Waals surface area contributed by atoms with Crippen molar-refractivity contribution in [2.75, 3.05) is 11.1 Å². The predicted octanol–water partition coefficient (Wildman–Crippen LogP) is 4.13. The Morgan fingerprint density at radius 2 is 1.75 bits per heavy atom. The minimum atomic E-state index is 0. The second-order valence-electron chi connectivity index (χ2n) is 5.03. The van der Waals surface area contributed by atoms with Gasteiger partial charge in [0.25, 0.3) is 0 Å². The number of halogens is 1. The van der Waals surface area contributed by atoms with Gasteiger partial charge in [-0.15, -0.1) is 12.4 Å². The summed E-state index contributed by atoms with van der Waals surface area (Å²) in [6.07, 6.45) is 0. The zero-order chi connectivity index (χ0) is 13.8. The second kappa shape index (κ2) is 7.06. The Balaban J connectivity index is 0.00000200. The van der Waals surface area contributed by atoms with Crippen molar-refractivity contribution in [1.29, 1.82) is 0 Å². The molecule has 0 heterocycles. The molecule has 108 valence electrons. The number of anilines is 2. The highest BCUT2D eigenvalue weighted by molar-refractivity contribution is 5.85. The van der Waals surface area contributed by atoms with E-state index >= 15 is 0 Å². The number of nitrogens with two attached hydrogens (primary N) is 1. The SMILES string of the molecule is CC(C)c1ccc(CNc2cc(N)ccc2O)cc1.Cl. The van der Waals surface area contributed by atoms with Gasteiger partial charge in [0.1, 0.15) is 5.75 Å². The van der Waals surface area contributed by atoms with Crippen LogP contribution in [0, 0.1) is 0 Å². The summed E-state index contributed by atoms with van der Waals surface area (Å²) < 4.78 is 0. The molecule has 0 aliphatic heterocycles. The predicted molar refractivity (Wildman–Crippen MR) is 87.6 cm³/mol. The van der Waals surface area contributed by atoms with Crippen LogP contribution in [0.1, 0.15) is 30.9 Å². The lowest BCUT2D eigenvalue weighted by Gasteiger charge is -2.10. The zero-order valence-corrected chi connectivity index (χ0v) is 12.6. The molecule has 0 spiro atoms. The third-order valence-corrected chi connectivity index (χ3v) is 3.15. The Morgan fingerprint density at radius 1 is 1.10 bits per heavy atom. The molecule has 0 saturated carbocycles. The van der Waals surface area contributed by atoms with Gasteiger partial charge < -0.3 is 16.2 Å². The van der Waals surface area contributed by atoms with Crippen molar-refractivity contribution in [2.45, 2.75) is 26.3 Å². The highest BCUT2D eigenvalue weighted by Crippen LogP contribution is 2.25. The number of phenols is 1. The maximum absolute atomic E-state index is 9.71. The minimum Gasteiger partial charge on any atom is -0.506 e. The first-order valence-electron chi connectivity index (χ1n) is 6.47. The topological polar surface area (TPSA) is 58.3 Å². The summed E-state index contributed by atoms with van der Waals surface area (Å²) in [7, 11) is 0. The van der Waals surface area contributed by atoms with Crippen molar-refractivity contribution < 1.29 is 5.11 Å². The molecule has 0 unspecified atom stereocenters. The highest BCUT2D eigenvalue weighted by atomic mass is 35.5. The van der Waals surface area contributed by atoms with Crippen molar-refractivity contribution in [3.05, 3.63) is 53.6 Å². The molecule has 4 N–H and O–H groups in total. The fourth-order valence-corrected chi connectivity index (χ4v) is 1.91. The van der Waals surface area contributed by atoms with Crippen LogP contribution in [0.5, 0.6) is 5.75 Å². The largest absolute Gasteiger partial charge is 0.506 e. The van der Waals surface area contributed by atoms with Gasteiger partial charge in [-0.3, -0.25) is 0 Å². The van der Waals surface area contributed by atoms with E-state index in [1.165, 1.54) is 11.1 Å². The van der Waals surface area contributed by atoms with Crippen LogP contribution in [0.25, 0.3) is 0 Å². The first-order valence-corrected chi connectivity index (χ1v) is 6.47. The first-order chi connectivity index (χ1) is 9.06. The van der Waals surface area contributed by atoms with Crippen LogP contribution in [0.15, 0.2) is 42.5 Å². The van der Waals surface area contributed by atoms with Gasteiger partial charge in [0.15, 0.2) is 0 Å². The van der Waals surface area contributed by atoms with Crippen LogP contribution < -0.4 is 11.1 Å². The van der Waals surface area contributed by atoms with E-state index in [1.807, 2.05) is 0 Å². The molecule has 4 heteroatoms. The van der Waals surface area contributed by atoms with E-state index in [1.54, 1.807) is 18.2 Å². The van der Waals surface area contributed by atoms with E-state index in [4.69, 9.17) is 5.73 Å². The lowest BCUT2D eigenvalue weighted by Crippen LogP contribution is -2.00. The fraction of sp³-hybridized carbons (Fsp3) is 0.250. The van der Waals surface area contributed by atoms with E-state index < -0.39 is 0 Å². The molecule has 20 heavy (non-hydrogen) atoms. The standard InChI is InChI=1S/C16H20N2O.ClH/c1-11(2)13-5-3-12(4-6-13)10-18-15-9-14(17)7-8-16(15)19;/h3-9,11,18-19H,10,17H2,1-2H3;1H. The molecule has 0 aromatic heterocycles. The number of rotatable bonds is 4. The summed E-state index contributed by atoms with van der Waals surface area (Å²) >= 11 is 0. The van der Waals surface area contributed by atoms with Crippen LogP contribution >= 0.6 is 12.4 Å². The van der Waals surface area contributed by atoms with Crippen LogP contribution in [0.2, 0.25) is 0 Å². The van der Waals surface area contributed by atoms with Crippen LogP contribution in [-0.2, 0) is 6.54 Å². The van der Waals surface area contributed by atoms with Gasteiger partial charge in [0, 0.05) is 12.2 Å². The van der Waals surface area contributed by atoms with E-state index in [2.05, 4.69) is 43.4 Å². The van der Waals surface area contributed by atoms with Gasteiger partial charge in [-0.2, -0.15) is 0 Å². The molecule has 3 nitrogen and oxygen atoms in total. The maximum atomic E-state index is 9.71. The highest BCUT2D eigenvalue weighted by Gasteiger charge is 2.02. The van der Waals surface area contributed by atoms with Gasteiger partial charge >= 0.3 is 0 Å². The quantitative estimate of drug-likeness (QED) is 0.451. The summed E-state index contributed by atoms with van der Waals surface area (Å²) in [5, 5.41) is 12.9.